The third kappa shape index (κ3) is 5.12. The molecule has 0 N–H and O–H groups in total. The second-order valence-electron chi connectivity index (χ2n) is 5.31. The summed E-state index contributed by atoms with van der Waals surface area (Å²) in [6, 6.07) is 8.65. The van der Waals surface area contributed by atoms with Crippen LogP contribution in [0.2, 0.25) is 0 Å². The second-order valence-corrected chi connectivity index (χ2v) is 5.31. The molecular weight excluding hydrogens is 312 g/mol. The average molecular weight is 337 g/mol. The van der Waals surface area contributed by atoms with Crippen molar-refractivity contribution < 1.29 is 21.5 Å². The first-order valence-electron chi connectivity index (χ1n) is 7.43. The first-order chi connectivity index (χ1) is 9.29. The van der Waals surface area contributed by atoms with E-state index in [9.17, 15) is 0 Å². The van der Waals surface area contributed by atoms with E-state index in [0.29, 0.717) is 0 Å². The van der Waals surface area contributed by atoms with Crippen LogP contribution < -0.4 is 21.5 Å². The maximum absolute atomic E-state index is 2.28. The van der Waals surface area contributed by atoms with Gasteiger partial charge in [0.05, 0.1) is 6.54 Å². The molecule has 1 aromatic heterocycles. The van der Waals surface area contributed by atoms with Gasteiger partial charge in [0.2, 0.25) is 6.33 Å². The van der Waals surface area contributed by atoms with E-state index >= 15 is 0 Å². The highest BCUT2D eigenvalue weighted by Crippen LogP contribution is 2.08. The molecule has 0 radical (unpaired) electrons. The molecule has 0 spiro atoms. The Morgan fingerprint density at radius 2 is 1.70 bits per heavy atom. The Bertz CT molecular complexity index is 488. The Kier molecular flexibility index (Phi) is 7.60. The van der Waals surface area contributed by atoms with Crippen molar-refractivity contribution >= 4 is 0 Å². The molecule has 0 aliphatic heterocycles. The first kappa shape index (κ1) is 17.0. The van der Waals surface area contributed by atoms with Gasteiger partial charge >= 0.3 is 0 Å². The van der Waals surface area contributed by atoms with Crippen molar-refractivity contribution in [2.24, 2.45) is 0 Å². The molecule has 110 valence electrons. The lowest BCUT2D eigenvalue weighted by molar-refractivity contribution is -0.696. The molecule has 0 aliphatic rings. The largest absolute Gasteiger partial charge is 1.00 e. The normalized spacial score (nSPS) is 10.3. The predicted octanol–water partition coefficient (Wildman–Crippen LogP) is 1.05. The molecule has 2 rings (SSSR count). The Labute approximate surface area is 133 Å². The molecule has 0 saturated heterocycles. The van der Waals surface area contributed by atoms with Crippen LogP contribution in [0.15, 0.2) is 43.0 Å². The molecule has 20 heavy (non-hydrogen) atoms. The van der Waals surface area contributed by atoms with Gasteiger partial charge in [-0.1, -0.05) is 43.9 Å². The van der Waals surface area contributed by atoms with Gasteiger partial charge in [-0.15, -0.1) is 0 Å². The highest BCUT2D eigenvalue weighted by Gasteiger charge is 2.05. The van der Waals surface area contributed by atoms with Gasteiger partial charge in [0.1, 0.15) is 18.1 Å². The van der Waals surface area contributed by atoms with Gasteiger partial charge in [0.25, 0.3) is 0 Å². The highest BCUT2D eigenvalue weighted by atomic mass is 79.9. The lowest BCUT2D eigenvalue weighted by Crippen LogP contribution is -3.00. The van der Waals surface area contributed by atoms with Crippen LogP contribution in [-0.4, -0.2) is 4.57 Å². The van der Waals surface area contributed by atoms with Crippen LogP contribution in [0.3, 0.4) is 0 Å². The number of hydrogen-bond acceptors (Lipinski definition) is 0. The van der Waals surface area contributed by atoms with Crippen LogP contribution in [-0.2, 0) is 6.54 Å². The summed E-state index contributed by atoms with van der Waals surface area (Å²) in [7, 11) is 0. The molecule has 0 unspecified atom stereocenters. The molecule has 0 fully saturated rings. The molecule has 0 aliphatic carbocycles. The van der Waals surface area contributed by atoms with Crippen molar-refractivity contribution in [3.8, 4) is 5.69 Å². The number of aryl methyl sites for hydroxylation is 2. The van der Waals surface area contributed by atoms with Crippen LogP contribution >= 0.6 is 0 Å². The van der Waals surface area contributed by atoms with Crippen LogP contribution in [0, 0.1) is 6.92 Å². The van der Waals surface area contributed by atoms with Crippen molar-refractivity contribution in [3.05, 3.63) is 48.5 Å². The van der Waals surface area contributed by atoms with E-state index in [1.165, 1.54) is 43.4 Å². The van der Waals surface area contributed by atoms with E-state index < -0.39 is 0 Å². The van der Waals surface area contributed by atoms with Gasteiger partial charge in [0, 0.05) is 0 Å². The monoisotopic (exact) mass is 336 g/mol. The van der Waals surface area contributed by atoms with Crippen molar-refractivity contribution in [1.82, 2.24) is 4.57 Å². The van der Waals surface area contributed by atoms with Gasteiger partial charge in [-0.2, -0.15) is 0 Å². The van der Waals surface area contributed by atoms with Crippen molar-refractivity contribution in [2.45, 2.75) is 52.5 Å². The minimum atomic E-state index is 0. The molecule has 0 saturated carbocycles. The van der Waals surface area contributed by atoms with Gasteiger partial charge in [-0.05, 0) is 31.9 Å². The topological polar surface area (TPSA) is 8.81 Å². The zero-order valence-corrected chi connectivity index (χ0v) is 14.1. The van der Waals surface area contributed by atoms with Gasteiger partial charge in [-0.3, -0.25) is 0 Å². The third-order valence-corrected chi connectivity index (χ3v) is 3.54. The Morgan fingerprint density at radius 3 is 2.40 bits per heavy atom. The Hall–Kier alpha value is -1.09. The molecule has 1 aromatic carbocycles. The quantitative estimate of drug-likeness (QED) is 0.528. The first-order valence-corrected chi connectivity index (χ1v) is 7.43. The number of aromatic nitrogens is 2. The smallest absolute Gasteiger partial charge is 0.248 e. The minimum Gasteiger partial charge on any atom is -1.00 e. The maximum atomic E-state index is 2.28. The number of unbranched alkanes of at least 4 members (excludes halogenated alkanes) is 4. The van der Waals surface area contributed by atoms with Crippen molar-refractivity contribution in [3.63, 3.8) is 0 Å². The summed E-state index contributed by atoms with van der Waals surface area (Å²) in [5.74, 6) is 0. The van der Waals surface area contributed by atoms with Crippen LogP contribution in [0.1, 0.15) is 44.6 Å². The van der Waals surface area contributed by atoms with Gasteiger partial charge < -0.3 is 17.0 Å². The molecular formula is C17H25BrN2. The predicted molar refractivity (Wildman–Crippen MR) is 79.5 cm³/mol. The molecule has 2 aromatic rings. The summed E-state index contributed by atoms with van der Waals surface area (Å²) in [5, 5.41) is 0. The highest BCUT2D eigenvalue weighted by molar-refractivity contribution is 5.33. The number of hydrogen-bond donors (Lipinski definition) is 0. The van der Waals surface area contributed by atoms with Crippen molar-refractivity contribution in [1.29, 1.82) is 0 Å². The standard InChI is InChI=1S/C17H25N2.BrH/c1-3-4-5-6-7-12-18-13-14-19(15-18)17-10-8-16(2)9-11-17;/h8-11,13-15H,3-7,12H2,1-2H3;1H/q+1;/p-1. The average Bonchev–Trinajstić information content (AvgIpc) is 2.88. The number of imidazole rings is 1. The second kappa shape index (κ2) is 8.96. The van der Waals surface area contributed by atoms with Crippen molar-refractivity contribution in [2.75, 3.05) is 0 Å². The fourth-order valence-electron chi connectivity index (χ4n) is 2.29. The zero-order valence-electron chi connectivity index (χ0n) is 12.6. The summed E-state index contributed by atoms with van der Waals surface area (Å²) < 4.78 is 4.47. The van der Waals surface area contributed by atoms with E-state index in [2.05, 4.69) is 66.0 Å². The summed E-state index contributed by atoms with van der Waals surface area (Å²) in [6.07, 6.45) is 13.2. The van der Waals surface area contributed by atoms with Crippen LogP contribution in [0.4, 0.5) is 0 Å². The van der Waals surface area contributed by atoms with E-state index in [1.54, 1.807) is 0 Å². The van der Waals surface area contributed by atoms with E-state index in [-0.39, 0.29) is 17.0 Å². The number of halogens is 1. The van der Waals surface area contributed by atoms with Crippen LogP contribution in [0.5, 0.6) is 0 Å². The molecule has 3 heteroatoms. The lowest BCUT2D eigenvalue weighted by Gasteiger charge is -1.98. The summed E-state index contributed by atoms with van der Waals surface area (Å²) in [5.41, 5.74) is 2.54. The minimum absolute atomic E-state index is 0. The SMILES string of the molecule is CCCCCCC[n+]1ccn(-c2ccc(C)cc2)c1.[Br-]. The summed E-state index contributed by atoms with van der Waals surface area (Å²) in [6.45, 7) is 5.51. The molecule has 1 heterocycles. The van der Waals surface area contributed by atoms with E-state index in [1.807, 2.05) is 0 Å². The fraction of sp³-hybridized carbons (Fsp3) is 0.471. The zero-order chi connectivity index (χ0) is 13.5. The van der Waals surface area contributed by atoms with Crippen LogP contribution in [0.25, 0.3) is 5.69 Å². The third-order valence-electron chi connectivity index (χ3n) is 3.54. The van der Waals surface area contributed by atoms with E-state index in [4.69, 9.17) is 0 Å². The number of rotatable bonds is 7. The summed E-state index contributed by atoms with van der Waals surface area (Å²) in [4.78, 5) is 0. The molecule has 2 nitrogen and oxygen atoms in total. The summed E-state index contributed by atoms with van der Waals surface area (Å²) >= 11 is 0. The van der Waals surface area contributed by atoms with Gasteiger partial charge in [-0.25, -0.2) is 9.13 Å². The number of benzene rings is 1. The molecule has 0 amide bonds. The Balaban J connectivity index is 0.00000200. The molecule has 0 atom stereocenters. The van der Waals surface area contributed by atoms with Gasteiger partial charge in [0.15, 0.2) is 0 Å². The maximum Gasteiger partial charge on any atom is 0.248 e. The number of nitrogens with zero attached hydrogens (tertiary/aromatic N) is 2. The van der Waals surface area contributed by atoms with E-state index in [0.717, 1.165) is 6.54 Å². The Morgan fingerprint density at radius 1 is 1.00 bits per heavy atom. The molecule has 0 bridgehead atoms. The fourth-order valence-corrected chi connectivity index (χ4v) is 2.29. The lowest BCUT2D eigenvalue weighted by atomic mass is 10.1.